The van der Waals surface area contributed by atoms with E-state index >= 15 is 0 Å². The van der Waals surface area contributed by atoms with Crippen molar-refractivity contribution in [1.29, 1.82) is 0 Å². The lowest BCUT2D eigenvalue weighted by atomic mass is 10.0. The molecule has 0 aromatic heterocycles. The van der Waals surface area contributed by atoms with Crippen LogP contribution < -0.4 is 0 Å². The Morgan fingerprint density at radius 1 is 0.292 bits per heavy atom. The Balaban J connectivity index is 5.32. The minimum absolute atomic E-state index is 0.0992. The summed E-state index contributed by atoms with van der Waals surface area (Å²) in [6.45, 7) is 4.83. The van der Waals surface area contributed by atoms with E-state index in [-0.39, 0.29) is 25.7 Å². The molecule has 96 heavy (non-hydrogen) atoms. The van der Waals surface area contributed by atoms with Gasteiger partial charge in [0.2, 0.25) is 0 Å². The van der Waals surface area contributed by atoms with E-state index < -0.39 is 97.5 Å². The number of phosphoric ester groups is 2. The van der Waals surface area contributed by atoms with E-state index in [9.17, 15) is 43.2 Å². The van der Waals surface area contributed by atoms with Crippen molar-refractivity contribution < 1.29 is 80.2 Å². The molecule has 3 N–H and O–H groups in total. The SMILES string of the molecule is CCC/C=C\C/C=C\CCCCCCCC(=O)OCC(COP(=O)(O)OCC(O)COP(=O)(O)OCC(COC(=O)CCCCCCC/C=C\C/C=C\CCCCC)OC(=O)CCCCCCCCCCCCCCCCC)OC(=O)CCCCCCCCCCCCCCC. The molecule has 0 aliphatic heterocycles. The fraction of sp³-hybridized carbons (Fsp3) is 0.844. The van der Waals surface area contributed by atoms with Crippen molar-refractivity contribution in [3.05, 3.63) is 48.6 Å². The number of rotatable bonds is 74. The Bertz CT molecular complexity index is 2010. The summed E-state index contributed by atoms with van der Waals surface area (Å²) in [6, 6.07) is 0. The summed E-state index contributed by atoms with van der Waals surface area (Å²) < 4.78 is 68.5. The maximum atomic E-state index is 13.1. The monoisotopic (exact) mass is 1400 g/mol. The number of aliphatic hydroxyl groups excluding tert-OH is 1. The van der Waals surface area contributed by atoms with Gasteiger partial charge >= 0.3 is 39.5 Å². The normalized spacial score (nSPS) is 14.2. The molecule has 19 heteroatoms. The van der Waals surface area contributed by atoms with Gasteiger partial charge in [0.1, 0.15) is 19.3 Å². The fourth-order valence-electron chi connectivity index (χ4n) is 10.8. The van der Waals surface area contributed by atoms with Gasteiger partial charge in [0.25, 0.3) is 0 Å². The van der Waals surface area contributed by atoms with Crippen LogP contribution in [0.2, 0.25) is 0 Å². The molecule has 0 aliphatic carbocycles. The van der Waals surface area contributed by atoms with Crippen LogP contribution in [0.4, 0.5) is 0 Å². The number of carbonyl (C=O) groups is 4. The summed E-state index contributed by atoms with van der Waals surface area (Å²) in [5.41, 5.74) is 0. The van der Waals surface area contributed by atoms with Gasteiger partial charge in [-0.15, -0.1) is 0 Å². The van der Waals surface area contributed by atoms with Gasteiger partial charge < -0.3 is 33.8 Å². The van der Waals surface area contributed by atoms with Gasteiger partial charge in [-0.3, -0.25) is 37.3 Å². The van der Waals surface area contributed by atoms with Crippen LogP contribution in [0.15, 0.2) is 48.6 Å². The number of carbonyl (C=O) groups excluding carboxylic acids is 4. The van der Waals surface area contributed by atoms with E-state index in [4.69, 9.17) is 37.0 Å². The quantitative estimate of drug-likeness (QED) is 0.0169. The summed E-state index contributed by atoms with van der Waals surface area (Å²) in [5, 5.41) is 10.6. The molecule has 562 valence electrons. The van der Waals surface area contributed by atoms with E-state index in [1.54, 1.807) is 0 Å². The van der Waals surface area contributed by atoms with Gasteiger partial charge in [0, 0.05) is 25.7 Å². The van der Waals surface area contributed by atoms with E-state index in [0.29, 0.717) is 25.7 Å². The van der Waals surface area contributed by atoms with E-state index in [1.165, 1.54) is 135 Å². The summed E-state index contributed by atoms with van der Waals surface area (Å²) in [5.74, 6) is -2.17. The highest BCUT2D eigenvalue weighted by atomic mass is 31.2. The van der Waals surface area contributed by atoms with E-state index in [1.807, 2.05) is 0 Å². The fourth-order valence-corrected chi connectivity index (χ4v) is 12.4. The third kappa shape index (κ3) is 69.5. The molecule has 0 saturated heterocycles. The summed E-state index contributed by atoms with van der Waals surface area (Å²) >= 11 is 0. The molecule has 0 aromatic carbocycles. The molecule has 0 saturated carbocycles. The second-order valence-electron chi connectivity index (χ2n) is 26.3. The highest BCUT2D eigenvalue weighted by molar-refractivity contribution is 7.47. The van der Waals surface area contributed by atoms with Gasteiger partial charge in [-0.2, -0.15) is 0 Å². The van der Waals surface area contributed by atoms with Crippen LogP contribution in [0.3, 0.4) is 0 Å². The number of hydrogen-bond donors (Lipinski definition) is 3. The van der Waals surface area contributed by atoms with Crippen LogP contribution in [0.1, 0.15) is 362 Å². The summed E-state index contributed by atoms with van der Waals surface area (Å²) in [6.07, 6.45) is 66.6. The Kier molecular flexibility index (Phi) is 68.3. The Hall–Kier alpha value is -2.98. The predicted molar refractivity (Wildman–Crippen MR) is 390 cm³/mol. The molecule has 5 atom stereocenters. The van der Waals surface area contributed by atoms with Crippen molar-refractivity contribution in [2.75, 3.05) is 39.6 Å². The molecular weight excluding hydrogens is 1260 g/mol. The number of ether oxygens (including phenoxy) is 4. The molecule has 0 radical (unpaired) electrons. The van der Waals surface area contributed by atoms with Crippen molar-refractivity contribution in [3.8, 4) is 0 Å². The van der Waals surface area contributed by atoms with Crippen LogP contribution >= 0.6 is 15.6 Å². The lowest BCUT2D eigenvalue weighted by Gasteiger charge is -2.21. The molecule has 0 fully saturated rings. The Morgan fingerprint density at radius 3 is 0.833 bits per heavy atom. The highest BCUT2D eigenvalue weighted by Gasteiger charge is 2.30. The maximum absolute atomic E-state index is 13.1. The lowest BCUT2D eigenvalue weighted by molar-refractivity contribution is -0.161. The molecule has 0 rings (SSSR count). The predicted octanol–water partition coefficient (Wildman–Crippen LogP) is 22.1. The molecule has 0 aromatic rings. The van der Waals surface area contributed by atoms with Crippen molar-refractivity contribution in [2.24, 2.45) is 0 Å². The number of aliphatic hydroxyl groups is 1. The highest BCUT2D eigenvalue weighted by Crippen LogP contribution is 2.45. The molecule has 5 unspecified atom stereocenters. The van der Waals surface area contributed by atoms with Crippen LogP contribution in [-0.2, 0) is 65.4 Å². The van der Waals surface area contributed by atoms with Gasteiger partial charge in [-0.25, -0.2) is 9.13 Å². The van der Waals surface area contributed by atoms with Gasteiger partial charge in [-0.05, 0) is 83.5 Å². The van der Waals surface area contributed by atoms with Crippen LogP contribution in [0.5, 0.6) is 0 Å². The standard InChI is InChI=1S/C77H142O17P2/c1-5-9-13-17-21-25-29-33-35-39-42-46-50-54-58-62-75(80)88-68-73(94-77(82)64-60-56-52-48-44-40-36-34-30-26-22-18-14-10-6-2)70-92-96(85,86)90-66-71(78)65-89-95(83,84)91-69-72(93-76(81)63-59-55-51-47-43-38-32-28-24-20-16-12-8-4)67-87-74(79)61-57-53-49-45-41-37-31-27-23-19-15-11-7-3/h15,19,21,25,27,31,33,35,71-73,78H,5-14,16-18,20,22-24,26,28-30,32,34,36-70H2,1-4H3,(H,83,84)(H,85,86)/b19-15-,25-21-,31-27-,35-33-. The first-order valence-corrected chi connectivity index (χ1v) is 41.9. The number of unbranched alkanes of at least 4 members (excludes halogenated alkanes) is 40. The van der Waals surface area contributed by atoms with E-state index in [0.717, 1.165) is 148 Å². The van der Waals surface area contributed by atoms with Crippen molar-refractivity contribution in [3.63, 3.8) is 0 Å². The average molecular weight is 1400 g/mol. The lowest BCUT2D eigenvalue weighted by Crippen LogP contribution is -2.30. The Morgan fingerprint density at radius 2 is 0.531 bits per heavy atom. The summed E-state index contributed by atoms with van der Waals surface area (Å²) in [4.78, 5) is 72.8. The molecule has 0 heterocycles. The van der Waals surface area contributed by atoms with Crippen molar-refractivity contribution >= 4 is 39.5 Å². The molecule has 17 nitrogen and oxygen atoms in total. The van der Waals surface area contributed by atoms with Crippen LogP contribution in [-0.4, -0.2) is 96.7 Å². The Labute approximate surface area is 585 Å². The third-order valence-electron chi connectivity index (χ3n) is 16.8. The smallest absolute Gasteiger partial charge is 0.462 e. The third-order valence-corrected chi connectivity index (χ3v) is 18.7. The largest absolute Gasteiger partial charge is 0.472 e. The maximum Gasteiger partial charge on any atom is 0.472 e. The van der Waals surface area contributed by atoms with Crippen LogP contribution in [0.25, 0.3) is 0 Å². The average Bonchev–Trinajstić information content (AvgIpc) is 1.17. The molecule has 0 aliphatic rings. The van der Waals surface area contributed by atoms with Gasteiger partial charge in [0.05, 0.1) is 26.4 Å². The number of phosphoric acid groups is 2. The van der Waals surface area contributed by atoms with Gasteiger partial charge in [-0.1, -0.05) is 301 Å². The molecule has 0 spiro atoms. The first kappa shape index (κ1) is 93.0. The summed E-state index contributed by atoms with van der Waals surface area (Å²) in [7, 11) is -9.93. The first-order valence-electron chi connectivity index (χ1n) is 38.9. The van der Waals surface area contributed by atoms with Crippen molar-refractivity contribution in [2.45, 2.75) is 380 Å². The van der Waals surface area contributed by atoms with E-state index in [2.05, 4.69) is 76.3 Å². The number of hydrogen-bond acceptors (Lipinski definition) is 15. The first-order chi connectivity index (χ1) is 46.7. The number of esters is 4. The minimum Gasteiger partial charge on any atom is -0.462 e. The van der Waals surface area contributed by atoms with Crippen molar-refractivity contribution in [1.82, 2.24) is 0 Å². The van der Waals surface area contributed by atoms with Gasteiger partial charge in [0.15, 0.2) is 12.2 Å². The molecule has 0 amide bonds. The minimum atomic E-state index is -4.97. The zero-order valence-electron chi connectivity index (χ0n) is 61.3. The number of allylic oxidation sites excluding steroid dienone is 8. The molecular formula is C77H142O17P2. The second-order valence-corrected chi connectivity index (χ2v) is 29.2. The molecule has 0 bridgehead atoms. The second kappa shape index (κ2) is 70.5. The topological polar surface area (TPSA) is 237 Å². The zero-order chi connectivity index (χ0) is 70.4. The zero-order valence-corrected chi connectivity index (χ0v) is 63.1. The van der Waals surface area contributed by atoms with Crippen LogP contribution in [0, 0.1) is 0 Å².